The topological polar surface area (TPSA) is 45.2 Å². The van der Waals surface area contributed by atoms with E-state index in [9.17, 15) is 4.79 Å². The second-order valence-electron chi connectivity index (χ2n) is 7.67. The number of rotatable bonds is 5. The first-order valence-electron chi connectivity index (χ1n) is 9.95. The van der Waals surface area contributed by atoms with Crippen molar-refractivity contribution < 1.29 is 4.79 Å². The lowest BCUT2D eigenvalue weighted by molar-refractivity contribution is -0.121. The van der Waals surface area contributed by atoms with Crippen molar-refractivity contribution in [3.05, 3.63) is 47.3 Å². The summed E-state index contributed by atoms with van der Waals surface area (Å²) in [7, 11) is 0. The molecule has 0 bridgehead atoms. The molecule has 2 aromatic rings. The maximum atomic E-state index is 12.7. The lowest BCUT2D eigenvalue weighted by Crippen LogP contribution is -2.40. The Morgan fingerprint density at radius 1 is 1.22 bits per heavy atom. The Balaban J connectivity index is 1.28. The minimum absolute atomic E-state index is 0.121. The molecule has 1 amide bonds. The summed E-state index contributed by atoms with van der Waals surface area (Å²) < 4.78 is 0. The van der Waals surface area contributed by atoms with Gasteiger partial charge in [-0.15, -0.1) is 11.3 Å². The summed E-state index contributed by atoms with van der Waals surface area (Å²) >= 11 is 1.58. The molecule has 4 nitrogen and oxygen atoms in total. The van der Waals surface area contributed by atoms with Crippen LogP contribution in [0.25, 0.3) is 11.3 Å². The molecule has 0 saturated carbocycles. The molecule has 0 spiro atoms. The van der Waals surface area contributed by atoms with Gasteiger partial charge < -0.3 is 10.2 Å². The Bertz CT molecular complexity index is 779. The van der Waals surface area contributed by atoms with Crippen LogP contribution in [0.1, 0.15) is 32.1 Å². The minimum Gasteiger partial charge on any atom is -0.326 e. The molecule has 1 N–H and O–H groups in total. The third-order valence-corrected chi connectivity index (χ3v) is 6.30. The fraction of sp³-hybridized carbons (Fsp3) is 0.455. The third kappa shape index (κ3) is 4.85. The predicted octanol–water partition coefficient (Wildman–Crippen LogP) is 4.82. The quantitative estimate of drug-likeness (QED) is 0.756. The van der Waals surface area contributed by atoms with Crippen LogP contribution in [0.4, 0.5) is 5.69 Å². The molecule has 0 radical (unpaired) electrons. The molecule has 5 heteroatoms. The van der Waals surface area contributed by atoms with Crippen LogP contribution < -0.4 is 5.32 Å². The van der Waals surface area contributed by atoms with Crippen LogP contribution in [0, 0.1) is 11.8 Å². The Morgan fingerprint density at radius 2 is 2.11 bits per heavy atom. The molecule has 1 saturated heterocycles. The molecule has 1 aromatic heterocycles. The van der Waals surface area contributed by atoms with Crippen molar-refractivity contribution in [3.8, 4) is 11.3 Å². The van der Waals surface area contributed by atoms with E-state index in [0.29, 0.717) is 0 Å². The van der Waals surface area contributed by atoms with Gasteiger partial charge >= 0.3 is 0 Å². The smallest absolute Gasteiger partial charge is 0.227 e. The highest BCUT2D eigenvalue weighted by Gasteiger charge is 2.26. The van der Waals surface area contributed by atoms with E-state index in [1.54, 1.807) is 11.3 Å². The number of amides is 1. The van der Waals surface area contributed by atoms with Crippen molar-refractivity contribution in [2.24, 2.45) is 11.8 Å². The zero-order chi connectivity index (χ0) is 18.5. The van der Waals surface area contributed by atoms with Gasteiger partial charge in [0.05, 0.1) is 11.2 Å². The van der Waals surface area contributed by atoms with E-state index in [0.717, 1.165) is 48.8 Å². The van der Waals surface area contributed by atoms with Crippen molar-refractivity contribution in [1.29, 1.82) is 0 Å². The largest absolute Gasteiger partial charge is 0.326 e. The number of likely N-dealkylation sites (tertiary alicyclic amines) is 1. The molecule has 1 aliphatic carbocycles. The van der Waals surface area contributed by atoms with Crippen molar-refractivity contribution in [3.63, 3.8) is 0 Å². The zero-order valence-corrected chi connectivity index (χ0v) is 16.5. The van der Waals surface area contributed by atoms with Crippen LogP contribution in [-0.4, -0.2) is 35.4 Å². The molecule has 27 heavy (non-hydrogen) atoms. The van der Waals surface area contributed by atoms with Crippen LogP contribution in [0.3, 0.4) is 0 Å². The molecule has 2 aliphatic rings. The number of hydrogen-bond acceptors (Lipinski definition) is 4. The van der Waals surface area contributed by atoms with Crippen molar-refractivity contribution >= 4 is 22.9 Å². The molecule has 4 rings (SSSR count). The van der Waals surface area contributed by atoms with Crippen LogP contribution in [-0.2, 0) is 4.79 Å². The van der Waals surface area contributed by atoms with Crippen LogP contribution in [0.5, 0.6) is 0 Å². The number of aromatic nitrogens is 1. The first kappa shape index (κ1) is 18.4. The first-order valence-corrected chi connectivity index (χ1v) is 10.9. The van der Waals surface area contributed by atoms with Gasteiger partial charge in [0.25, 0.3) is 0 Å². The molecule has 1 aliphatic heterocycles. The van der Waals surface area contributed by atoms with E-state index in [-0.39, 0.29) is 11.8 Å². The zero-order valence-electron chi connectivity index (χ0n) is 15.6. The Labute approximate surface area is 165 Å². The normalized spacial score (nSPS) is 21.3. The maximum Gasteiger partial charge on any atom is 0.227 e. The van der Waals surface area contributed by atoms with Gasteiger partial charge in [-0.3, -0.25) is 4.79 Å². The lowest BCUT2D eigenvalue weighted by Gasteiger charge is -2.34. The Kier molecular flexibility index (Phi) is 6.00. The average Bonchev–Trinajstić information content (AvgIpc) is 3.24. The number of carbonyl (C=O) groups is 1. The molecular weight excluding hydrogens is 354 g/mol. The number of allylic oxidation sites excluding steroid dienone is 2. The number of nitrogens with zero attached hydrogens (tertiary/aromatic N) is 2. The van der Waals surface area contributed by atoms with Crippen LogP contribution in [0.15, 0.2) is 47.3 Å². The fourth-order valence-corrected chi connectivity index (χ4v) is 4.68. The summed E-state index contributed by atoms with van der Waals surface area (Å²) in [6.45, 7) is 3.27. The van der Waals surface area contributed by atoms with Gasteiger partial charge in [0.1, 0.15) is 0 Å². The number of nitrogens with one attached hydrogen (secondary N) is 1. The average molecular weight is 382 g/mol. The van der Waals surface area contributed by atoms with E-state index in [4.69, 9.17) is 0 Å². The van der Waals surface area contributed by atoms with E-state index in [2.05, 4.69) is 27.4 Å². The van der Waals surface area contributed by atoms with Crippen molar-refractivity contribution in [2.45, 2.75) is 32.1 Å². The van der Waals surface area contributed by atoms with Crippen LogP contribution >= 0.6 is 11.3 Å². The number of anilines is 1. The molecule has 2 heterocycles. The second kappa shape index (κ2) is 8.81. The second-order valence-corrected chi connectivity index (χ2v) is 8.39. The number of benzene rings is 1. The van der Waals surface area contributed by atoms with Gasteiger partial charge in [-0.1, -0.05) is 24.3 Å². The Hall–Kier alpha value is -1.98. The highest BCUT2D eigenvalue weighted by molar-refractivity contribution is 7.07. The molecule has 1 atom stereocenters. The summed E-state index contributed by atoms with van der Waals surface area (Å²) in [5.41, 5.74) is 4.70. The highest BCUT2D eigenvalue weighted by atomic mass is 32.1. The van der Waals surface area contributed by atoms with Gasteiger partial charge in [-0.25, -0.2) is 4.98 Å². The van der Waals surface area contributed by atoms with Crippen LogP contribution in [0.2, 0.25) is 0 Å². The summed E-state index contributed by atoms with van der Waals surface area (Å²) in [4.78, 5) is 19.6. The minimum atomic E-state index is 0.121. The monoisotopic (exact) mass is 381 g/mol. The molecule has 1 unspecified atom stereocenters. The van der Waals surface area contributed by atoms with Gasteiger partial charge in [0.2, 0.25) is 5.91 Å². The van der Waals surface area contributed by atoms with Gasteiger partial charge in [-0.05, 0) is 63.2 Å². The van der Waals surface area contributed by atoms with E-state index >= 15 is 0 Å². The van der Waals surface area contributed by atoms with E-state index in [1.807, 2.05) is 35.2 Å². The van der Waals surface area contributed by atoms with Crippen molar-refractivity contribution in [2.75, 3.05) is 25.0 Å². The summed E-state index contributed by atoms with van der Waals surface area (Å²) in [6.07, 6.45) is 10.3. The maximum absolute atomic E-state index is 12.7. The molecule has 1 fully saturated rings. The number of thiazole rings is 1. The number of hydrogen-bond donors (Lipinski definition) is 1. The summed E-state index contributed by atoms with van der Waals surface area (Å²) in [5, 5.41) is 5.15. The van der Waals surface area contributed by atoms with Gasteiger partial charge in [-0.2, -0.15) is 0 Å². The fourth-order valence-electron chi connectivity index (χ4n) is 4.12. The van der Waals surface area contributed by atoms with E-state index < -0.39 is 0 Å². The standard InChI is InChI=1S/C22H27N3OS/c26-22(24-20-8-4-7-19(13-20)21-15-27-16-23-21)18-9-11-25(12-10-18)14-17-5-2-1-3-6-17/h1-2,4,7-8,13,15-18H,3,5-6,9-12,14H2,(H,24,26). The Morgan fingerprint density at radius 3 is 2.85 bits per heavy atom. The summed E-state index contributed by atoms with van der Waals surface area (Å²) in [5.74, 6) is 1.08. The molecule has 142 valence electrons. The van der Waals surface area contributed by atoms with E-state index in [1.165, 1.54) is 25.8 Å². The lowest BCUT2D eigenvalue weighted by atomic mass is 9.91. The molecular formula is C22H27N3OS. The van der Waals surface area contributed by atoms with Gasteiger partial charge in [0, 0.05) is 29.1 Å². The number of carbonyl (C=O) groups excluding carboxylic acids is 1. The number of piperidine rings is 1. The van der Waals surface area contributed by atoms with Gasteiger partial charge in [0.15, 0.2) is 0 Å². The first-order chi connectivity index (χ1) is 13.3. The third-order valence-electron chi connectivity index (χ3n) is 5.71. The highest BCUT2D eigenvalue weighted by Crippen LogP contribution is 2.26. The summed E-state index contributed by atoms with van der Waals surface area (Å²) in [6, 6.07) is 7.98. The predicted molar refractivity (Wildman–Crippen MR) is 112 cm³/mol. The van der Waals surface area contributed by atoms with Crippen molar-refractivity contribution in [1.82, 2.24) is 9.88 Å². The SMILES string of the molecule is O=C(Nc1cccc(-c2cscn2)c1)C1CCN(CC2CC=CCC2)CC1. The molecule has 1 aromatic carbocycles.